The first kappa shape index (κ1) is 32.6. The van der Waals surface area contributed by atoms with Gasteiger partial charge in [0, 0.05) is 13.1 Å². The molecule has 0 saturated carbocycles. The minimum atomic E-state index is -4.49. The molecule has 0 saturated heterocycles. The summed E-state index contributed by atoms with van der Waals surface area (Å²) in [5.41, 5.74) is 0.514. The molecule has 4 aromatic rings. The lowest BCUT2D eigenvalue weighted by Gasteiger charge is -2.27. The number of hydrogen-bond donors (Lipinski definition) is 3. The summed E-state index contributed by atoms with van der Waals surface area (Å²) in [7, 11) is -3.98. The van der Waals surface area contributed by atoms with Crippen LogP contribution in [0.25, 0.3) is 0 Å². The molecule has 12 heteroatoms. The predicted octanol–water partition coefficient (Wildman–Crippen LogP) is 5.43. The smallest absolute Gasteiger partial charge is 0.390 e. The first-order chi connectivity index (χ1) is 20.8. The van der Waals surface area contributed by atoms with Crippen molar-refractivity contribution in [2.45, 2.75) is 31.3 Å². The third-order valence-corrected chi connectivity index (χ3v) is 7.85. The summed E-state index contributed by atoms with van der Waals surface area (Å²) in [6, 6.07) is 23.8. The number of anilines is 2. The maximum atomic E-state index is 13.7. The molecule has 0 fully saturated rings. The molecule has 2 atom stereocenters. The number of rotatable bonds is 12. The summed E-state index contributed by atoms with van der Waals surface area (Å²) < 4.78 is 79.5. The van der Waals surface area contributed by atoms with Crippen molar-refractivity contribution in [2.24, 2.45) is 0 Å². The van der Waals surface area contributed by atoms with Crippen molar-refractivity contribution in [1.29, 1.82) is 0 Å². The number of para-hydroxylation sites is 1. The summed E-state index contributed by atoms with van der Waals surface area (Å²) in [6.07, 6.45) is -4.50. The van der Waals surface area contributed by atoms with E-state index in [1.807, 2.05) is 18.2 Å². The highest BCUT2D eigenvalue weighted by Gasteiger charge is 2.31. The van der Waals surface area contributed by atoms with E-state index in [-0.39, 0.29) is 36.4 Å². The number of nitrogens with one attached hydrogen (secondary N) is 2. The molecule has 0 aliphatic carbocycles. The van der Waals surface area contributed by atoms with Gasteiger partial charge in [0.05, 0.1) is 40.9 Å². The fraction of sp³-hybridized carbons (Fsp3) is 0.219. The number of nitrogens with zero attached hydrogens (tertiary/aromatic N) is 1. The van der Waals surface area contributed by atoms with Gasteiger partial charge in [-0.2, -0.15) is 13.2 Å². The summed E-state index contributed by atoms with van der Waals surface area (Å²) >= 11 is 0. The fourth-order valence-electron chi connectivity index (χ4n) is 4.69. The Morgan fingerprint density at radius 3 is 2.18 bits per heavy atom. The number of carbonyl (C=O) groups is 1. The highest BCUT2D eigenvalue weighted by atomic mass is 32.2. The lowest BCUT2D eigenvalue weighted by atomic mass is 10.00. The number of carbonyl (C=O) groups excluding carboxylic acids is 1. The molecule has 4 rings (SSSR count). The third kappa shape index (κ3) is 8.65. The number of hydrogen-bond acceptors (Lipinski definition) is 5. The van der Waals surface area contributed by atoms with Crippen LogP contribution in [-0.2, 0) is 29.2 Å². The van der Waals surface area contributed by atoms with Crippen molar-refractivity contribution >= 4 is 27.3 Å². The van der Waals surface area contributed by atoms with E-state index in [1.54, 1.807) is 24.3 Å². The zero-order valence-electron chi connectivity index (χ0n) is 23.6. The summed E-state index contributed by atoms with van der Waals surface area (Å²) in [4.78, 5) is 13.7. The molecule has 0 unspecified atom stereocenters. The lowest BCUT2D eigenvalue weighted by Crippen LogP contribution is -2.49. The molecule has 7 nitrogen and oxygen atoms in total. The van der Waals surface area contributed by atoms with Gasteiger partial charge in [-0.15, -0.1) is 0 Å². The lowest BCUT2D eigenvalue weighted by molar-refractivity contribution is -0.137. The van der Waals surface area contributed by atoms with E-state index in [2.05, 4.69) is 10.6 Å². The Morgan fingerprint density at radius 2 is 1.52 bits per heavy atom. The van der Waals surface area contributed by atoms with Gasteiger partial charge in [-0.3, -0.25) is 4.79 Å². The average Bonchev–Trinajstić information content (AvgIpc) is 2.98. The standard InChI is InChI=1S/C32H31F4N3O4S/c1-44(42,43)39(26-16-14-25(33)15-17-26)29-13-6-5-12-27(29)31(41)38-28(19-22-8-3-2-4-9-22)30(40)21-37-20-23-10-7-11-24(18-23)32(34,35)36/h2-18,28,30,37,40H,19-21H2,1H3,(H,38,41)/t28-,30+/m0/s1. The normalized spacial score (nSPS) is 13.2. The second-order valence-electron chi connectivity index (χ2n) is 10.2. The van der Waals surface area contributed by atoms with E-state index in [1.165, 1.54) is 36.4 Å². The minimum absolute atomic E-state index is 0.00978. The van der Waals surface area contributed by atoms with Crippen LogP contribution >= 0.6 is 0 Å². The summed E-state index contributed by atoms with van der Waals surface area (Å²) in [6.45, 7) is -0.0302. The van der Waals surface area contributed by atoms with Gasteiger partial charge in [-0.05, 0) is 60.0 Å². The van der Waals surface area contributed by atoms with Crippen LogP contribution in [0.3, 0.4) is 0 Å². The maximum Gasteiger partial charge on any atom is 0.416 e. The number of aliphatic hydroxyl groups excluding tert-OH is 1. The van der Waals surface area contributed by atoms with Gasteiger partial charge < -0.3 is 15.7 Å². The molecule has 0 aliphatic rings. The number of aliphatic hydroxyl groups is 1. The van der Waals surface area contributed by atoms with Gasteiger partial charge in [0.2, 0.25) is 10.0 Å². The quantitative estimate of drug-likeness (QED) is 0.182. The minimum Gasteiger partial charge on any atom is -0.390 e. The molecular weight excluding hydrogens is 598 g/mol. The van der Waals surface area contributed by atoms with Gasteiger partial charge in [0.25, 0.3) is 5.91 Å². The number of halogens is 4. The Balaban J connectivity index is 1.57. The van der Waals surface area contributed by atoms with Crippen molar-refractivity contribution in [3.8, 4) is 0 Å². The summed E-state index contributed by atoms with van der Waals surface area (Å²) in [5.74, 6) is -1.23. The third-order valence-electron chi connectivity index (χ3n) is 6.78. The molecule has 1 amide bonds. The molecule has 44 heavy (non-hydrogen) atoms. The Morgan fingerprint density at radius 1 is 0.886 bits per heavy atom. The van der Waals surface area contributed by atoms with E-state index >= 15 is 0 Å². The van der Waals surface area contributed by atoms with Crippen molar-refractivity contribution in [3.63, 3.8) is 0 Å². The Hall–Kier alpha value is -4.26. The zero-order chi connectivity index (χ0) is 31.9. The number of alkyl halides is 3. The van der Waals surface area contributed by atoms with E-state index < -0.39 is 45.6 Å². The highest BCUT2D eigenvalue weighted by Crippen LogP contribution is 2.32. The molecule has 0 bridgehead atoms. The van der Waals surface area contributed by atoms with Gasteiger partial charge in [0.15, 0.2) is 0 Å². The first-order valence-electron chi connectivity index (χ1n) is 13.6. The van der Waals surface area contributed by atoms with E-state index in [4.69, 9.17) is 0 Å². The molecule has 0 aromatic heterocycles. The van der Waals surface area contributed by atoms with Crippen LogP contribution in [0.2, 0.25) is 0 Å². The zero-order valence-corrected chi connectivity index (χ0v) is 24.4. The second-order valence-corrected chi connectivity index (χ2v) is 12.0. The maximum absolute atomic E-state index is 13.7. The number of benzene rings is 4. The summed E-state index contributed by atoms with van der Waals surface area (Å²) in [5, 5.41) is 16.9. The van der Waals surface area contributed by atoms with E-state index in [0.717, 1.165) is 40.4 Å². The fourth-order valence-corrected chi connectivity index (χ4v) is 5.71. The van der Waals surface area contributed by atoms with Crippen LogP contribution in [0.5, 0.6) is 0 Å². The van der Waals surface area contributed by atoms with Crippen LogP contribution in [0, 0.1) is 5.82 Å². The predicted molar refractivity (Wildman–Crippen MR) is 160 cm³/mol. The second kappa shape index (κ2) is 14.0. The van der Waals surface area contributed by atoms with Gasteiger partial charge in [-0.25, -0.2) is 17.1 Å². The molecule has 0 spiro atoms. The van der Waals surface area contributed by atoms with Crippen molar-refractivity contribution in [1.82, 2.24) is 10.6 Å². The monoisotopic (exact) mass is 629 g/mol. The molecule has 3 N–H and O–H groups in total. The van der Waals surface area contributed by atoms with Gasteiger partial charge >= 0.3 is 6.18 Å². The van der Waals surface area contributed by atoms with E-state index in [0.29, 0.717) is 5.56 Å². The Bertz CT molecular complexity index is 1670. The van der Waals surface area contributed by atoms with Crippen molar-refractivity contribution in [3.05, 3.63) is 131 Å². The SMILES string of the molecule is CS(=O)(=O)N(c1ccc(F)cc1)c1ccccc1C(=O)N[C@@H](Cc1ccccc1)[C@H](O)CNCc1cccc(C(F)(F)F)c1. The van der Waals surface area contributed by atoms with Crippen molar-refractivity contribution < 1.29 is 35.9 Å². The van der Waals surface area contributed by atoms with Crippen LogP contribution in [0.4, 0.5) is 28.9 Å². The first-order valence-corrected chi connectivity index (χ1v) is 15.4. The van der Waals surface area contributed by atoms with Crippen LogP contribution in [-0.4, -0.2) is 44.4 Å². The van der Waals surface area contributed by atoms with Crippen molar-refractivity contribution in [2.75, 3.05) is 17.1 Å². The molecule has 232 valence electrons. The number of amides is 1. The van der Waals surface area contributed by atoms with Gasteiger partial charge in [0.1, 0.15) is 5.82 Å². The van der Waals surface area contributed by atoms with E-state index in [9.17, 15) is 35.9 Å². The van der Waals surface area contributed by atoms with Crippen LogP contribution < -0.4 is 14.9 Å². The molecule has 0 heterocycles. The Labute approximate surface area is 253 Å². The molecule has 0 aliphatic heterocycles. The average molecular weight is 630 g/mol. The topological polar surface area (TPSA) is 98.7 Å². The number of sulfonamides is 1. The Kier molecular flexibility index (Phi) is 10.4. The highest BCUT2D eigenvalue weighted by molar-refractivity contribution is 7.92. The molecule has 4 aromatic carbocycles. The molecule has 0 radical (unpaired) electrons. The largest absolute Gasteiger partial charge is 0.416 e. The molecular formula is C32H31F4N3O4S. The van der Waals surface area contributed by atoms with Gasteiger partial charge in [-0.1, -0.05) is 60.7 Å². The van der Waals surface area contributed by atoms with Crippen LogP contribution in [0.1, 0.15) is 27.0 Å². The van der Waals surface area contributed by atoms with Crippen LogP contribution in [0.15, 0.2) is 103 Å².